The molecule has 0 saturated carbocycles. The van der Waals surface area contributed by atoms with Gasteiger partial charge in [-0.3, -0.25) is 0 Å². The third kappa shape index (κ3) is 4.47. The summed E-state index contributed by atoms with van der Waals surface area (Å²) in [5.41, 5.74) is 3.04. The molecule has 27 heavy (non-hydrogen) atoms. The zero-order valence-corrected chi connectivity index (χ0v) is 16.0. The lowest BCUT2D eigenvalue weighted by Crippen LogP contribution is -2.03. The molecule has 0 amide bonds. The SMILES string of the molecule is COc1ccc(Nc2nccc(Nc3ccccc3C(C)C)n2)c(OC)c1. The Bertz CT molecular complexity index is 912. The zero-order chi connectivity index (χ0) is 19.2. The molecule has 0 bridgehead atoms. The minimum Gasteiger partial charge on any atom is -0.497 e. The first-order valence-corrected chi connectivity index (χ1v) is 8.78. The van der Waals surface area contributed by atoms with E-state index in [9.17, 15) is 0 Å². The van der Waals surface area contributed by atoms with E-state index >= 15 is 0 Å². The standard InChI is InChI=1S/C21H24N4O2/c1-14(2)16-7-5-6-8-17(16)23-20-11-12-22-21(25-20)24-18-10-9-15(26-3)13-19(18)27-4/h5-14H,1-4H3,(H2,22,23,24,25). The third-order valence-electron chi connectivity index (χ3n) is 4.16. The van der Waals surface area contributed by atoms with Gasteiger partial charge in [0, 0.05) is 18.0 Å². The lowest BCUT2D eigenvalue weighted by Gasteiger charge is -2.15. The smallest absolute Gasteiger partial charge is 0.229 e. The monoisotopic (exact) mass is 364 g/mol. The first-order chi connectivity index (χ1) is 13.1. The molecule has 2 aromatic carbocycles. The van der Waals surface area contributed by atoms with E-state index in [1.807, 2.05) is 36.4 Å². The van der Waals surface area contributed by atoms with Crippen molar-refractivity contribution in [2.24, 2.45) is 0 Å². The topological polar surface area (TPSA) is 68.3 Å². The molecule has 140 valence electrons. The summed E-state index contributed by atoms with van der Waals surface area (Å²) in [4.78, 5) is 8.86. The number of nitrogens with one attached hydrogen (secondary N) is 2. The predicted molar refractivity (Wildman–Crippen MR) is 109 cm³/mol. The molecular formula is C21H24N4O2. The molecule has 0 spiro atoms. The predicted octanol–water partition coefficient (Wildman–Crippen LogP) is 5.10. The van der Waals surface area contributed by atoms with Crippen molar-refractivity contribution in [1.82, 2.24) is 9.97 Å². The molecule has 0 atom stereocenters. The van der Waals surface area contributed by atoms with Gasteiger partial charge in [-0.05, 0) is 35.7 Å². The van der Waals surface area contributed by atoms with Crippen LogP contribution in [0, 0.1) is 0 Å². The highest BCUT2D eigenvalue weighted by atomic mass is 16.5. The maximum Gasteiger partial charge on any atom is 0.229 e. The second kappa shape index (κ2) is 8.40. The molecule has 3 aromatic rings. The number of para-hydroxylation sites is 1. The first-order valence-electron chi connectivity index (χ1n) is 8.78. The second-order valence-corrected chi connectivity index (χ2v) is 6.32. The fourth-order valence-corrected chi connectivity index (χ4v) is 2.76. The van der Waals surface area contributed by atoms with Crippen LogP contribution in [0.4, 0.5) is 23.1 Å². The van der Waals surface area contributed by atoms with Crippen molar-refractivity contribution in [3.05, 3.63) is 60.3 Å². The summed E-state index contributed by atoms with van der Waals surface area (Å²) in [6, 6.07) is 15.6. The fraction of sp³-hybridized carbons (Fsp3) is 0.238. The number of hydrogen-bond donors (Lipinski definition) is 2. The van der Waals surface area contributed by atoms with Gasteiger partial charge in [-0.15, -0.1) is 0 Å². The summed E-state index contributed by atoms with van der Waals surface area (Å²) in [7, 11) is 3.23. The molecule has 2 N–H and O–H groups in total. The van der Waals surface area contributed by atoms with E-state index in [4.69, 9.17) is 9.47 Å². The van der Waals surface area contributed by atoms with E-state index < -0.39 is 0 Å². The van der Waals surface area contributed by atoms with E-state index in [1.54, 1.807) is 20.4 Å². The minimum absolute atomic E-state index is 0.414. The van der Waals surface area contributed by atoms with Crippen molar-refractivity contribution < 1.29 is 9.47 Å². The normalized spacial score (nSPS) is 10.6. The molecule has 0 fully saturated rings. The molecule has 1 heterocycles. The average Bonchev–Trinajstić information content (AvgIpc) is 2.69. The molecule has 6 nitrogen and oxygen atoms in total. The van der Waals surface area contributed by atoms with Gasteiger partial charge < -0.3 is 20.1 Å². The van der Waals surface area contributed by atoms with E-state index in [-0.39, 0.29) is 0 Å². The molecule has 0 aliphatic rings. The largest absolute Gasteiger partial charge is 0.497 e. The molecule has 0 unspecified atom stereocenters. The summed E-state index contributed by atoms with van der Waals surface area (Å²) in [5, 5.41) is 6.58. The molecular weight excluding hydrogens is 340 g/mol. The maximum atomic E-state index is 5.41. The third-order valence-corrected chi connectivity index (χ3v) is 4.16. The molecule has 6 heteroatoms. The van der Waals surface area contributed by atoms with E-state index in [2.05, 4.69) is 46.6 Å². The Morgan fingerprint density at radius 3 is 2.44 bits per heavy atom. The van der Waals surface area contributed by atoms with Gasteiger partial charge >= 0.3 is 0 Å². The molecule has 0 aliphatic heterocycles. The van der Waals surface area contributed by atoms with Crippen LogP contribution in [0.3, 0.4) is 0 Å². The van der Waals surface area contributed by atoms with Crippen molar-refractivity contribution in [3.63, 3.8) is 0 Å². The number of hydrogen-bond acceptors (Lipinski definition) is 6. The number of benzene rings is 2. The number of methoxy groups -OCH3 is 2. The number of rotatable bonds is 7. The maximum absolute atomic E-state index is 5.41. The van der Waals surface area contributed by atoms with Gasteiger partial charge in [0.25, 0.3) is 0 Å². The van der Waals surface area contributed by atoms with Gasteiger partial charge in [0.2, 0.25) is 5.95 Å². The van der Waals surface area contributed by atoms with Crippen LogP contribution >= 0.6 is 0 Å². The molecule has 1 aromatic heterocycles. The van der Waals surface area contributed by atoms with Crippen LogP contribution in [0.25, 0.3) is 0 Å². The Morgan fingerprint density at radius 1 is 0.889 bits per heavy atom. The van der Waals surface area contributed by atoms with Gasteiger partial charge in [-0.2, -0.15) is 4.98 Å². The van der Waals surface area contributed by atoms with Crippen molar-refractivity contribution in [2.75, 3.05) is 24.9 Å². The Balaban J connectivity index is 1.83. The molecule has 0 radical (unpaired) electrons. The lowest BCUT2D eigenvalue weighted by atomic mass is 10.0. The Labute approximate surface area is 159 Å². The van der Waals surface area contributed by atoms with Gasteiger partial charge in [0.1, 0.15) is 17.3 Å². The summed E-state index contributed by atoms with van der Waals surface area (Å²) < 4.78 is 10.6. The minimum atomic E-state index is 0.414. The number of nitrogens with zero attached hydrogens (tertiary/aromatic N) is 2. The number of ether oxygens (including phenoxy) is 2. The summed E-state index contributed by atoms with van der Waals surface area (Å²) in [6.07, 6.45) is 1.71. The fourth-order valence-electron chi connectivity index (χ4n) is 2.76. The highest BCUT2D eigenvalue weighted by Crippen LogP contribution is 2.31. The number of aromatic nitrogens is 2. The van der Waals surface area contributed by atoms with Crippen LogP contribution in [-0.2, 0) is 0 Å². The molecule has 0 aliphatic carbocycles. The van der Waals surface area contributed by atoms with Crippen LogP contribution in [0.15, 0.2) is 54.7 Å². The van der Waals surface area contributed by atoms with E-state index in [0.717, 1.165) is 17.1 Å². The van der Waals surface area contributed by atoms with Crippen molar-refractivity contribution in [3.8, 4) is 11.5 Å². The van der Waals surface area contributed by atoms with Crippen LogP contribution in [0.2, 0.25) is 0 Å². The zero-order valence-electron chi connectivity index (χ0n) is 16.0. The Morgan fingerprint density at radius 2 is 1.70 bits per heavy atom. The number of anilines is 4. The average molecular weight is 364 g/mol. The quantitative estimate of drug-likeness (QED) is 0.607. The van der Waals surface area contributed by atoms with Crippen molar-refractivity contribution >= 4 is 23.1 Å². The van der Waals surface area contributed by atoms with Crippen molar-refractivity contribution in [1.29, 1.82) is 0 Å². The Kier molecular flexibility index (Phi) is 5.76. The summed E-state index contributed by atoms with van der Waals surface area (Å²) >= 11 is 0. The van der Waals surface area contributed by atoms with Crippen LogP contribution in [0.1, 0.15) is 25.3 Å². The second-order valence-electron chi connectivity index (χ2n) is 6.32. The van der Waals surface area contributed by atoms with Crippen LogP contribution in [0.5, 0.6) is 11.5 Å². The van der Waals surface area contributed by atoms with Gasteiger partial charge in [0.05, 0.1) is 19.9 Å². The van der Waals surface area contributed by atoms with Crippen molar-refractivity contribution in [2.45, 2.75) is 19.8 Å². The van der Waals surface area contributed by atoms with Gasteiger partial charge in [-0.25, -0.2) is 4.98 Å². The first kappa shape index (κ1) is 18.5. The highest BCUT2D eigenvalue weighted by Gasteiger charge is 2.09. The molecule has 0 saturated heterocycles. The summed E-state index contributed by atoms with van der Waals surface area (Å²) in [6.45, 7) is 4.34. The van der Waals surface area contributed by atoms with Gasteiger partial charge in [0.15, 0.2) is 0 Å². The van der Waals surface area contributed by atoms with E-state index in [1.165, 1.54) is 5.56 Å². The van der Waals surface area contributed by atoms with Crippen LogP contribution in [-0.4, -0.2) is 24.2 Å². The lowest BCUT2D eigenvalue weighted by molar-refractivity contribution is 0.395. The summed E-state index contributed by atoms with van der Waals surface area (Å²) in [5.74, 6) is 2.98. The molecule has 3 rings (SSSR count). The highest BCUT2D eigenvalue weighted by molar-refractivity contribution is 5.66. The Hall–Kier alpha value is -3.28. The van der Waals surface area contributed by atoms with Gasteiger partial charge in [-0.1, -0.05) is 32.0 Å². The van der Waals surface area contributed by atoms with Crippen LogP contribution < -0.4 is 20.1 Å². The van der Waals surface area contributed by atoms with E-state index in [0.29, 0.717) is 23.4 Å².